The molecule has 0 saturated carbocycles. The molecule has 1 aromatic carbocycles. The van der Waals surface area contributed by atoms with Gasteiger partial charge < -0.3 is 16.0 Å². The molecular weight excluding hydrogens is 245 g/mol. The maximum Gasteiger partial charge on any atom is 0.319 e. The monoisotopic (exact) mass is 265 g/mol. The number of carbonyl (C=O) groups excluding carboxylic acids is 1. The maximum absolute atomic E-state index is 13.0. The molecule has 1 fully saturated rings. The van der Waals surface area contributed by atoms with Gasteiger partial charge in [0.05, 0.1) is 0 Å². The fourth-order valence-corrected chi connectivity index (χ4v) is 2.40. The minimum absolute atomic E-state index is 0.121. The number of hydrogen-bond donors (Lipinski definition) is 3. The van der Waals surface area contributed by atoms with Gasteiger partial charge in [-0.05, 0) is 57.0 Å². The summed E-state index contributed by atoms with van der Waals surface area (Å²) in [6.07, 6.45) is 2.14. The van der Waals surface area contributed by atoms with Crippen molar-refractivity contribution in [3.63, 3.8) is 0 Å². The van der Waals surface area contributed by atoms with Crippen LogP contribution in [0.1, 0.15) is 19.8 Å². The molecule has 1 aromatic rings. The molecule has 1 unspecified atom stereocenters. The first-order valence-electron chi connectivity index (χ1n) is 6.69. The molecule has 2 rings (SSSR count). The van der Waals surface area contributed by atoms with E-state index in [0.29, 0.717) is 11.6 Å². The molecule has 0 aromatic heterocycles. The number of hydrogen-bond acceptors (Lipinski definition) is 2. The van der Waals surface area contributed by atoms with Gasteiger partial charge in [-0.2, -0.15) is 0 Å². The van der Waals surface area contributed by atoms with E-state index in [-0.39, 0.29) is 17.9 Å². The van der Waals surface area contributed by atoms with Gasteiger partial charge in [0.25, 0.3) is 0 Å². The van der Waals surface area contributed by atoms with Crippen LogP contribution in [0.4, 0.5) is 14.9 Å². The molecule has 0 radical (unpaired) electrons. The second-order valence-electron chi connectivity index (χ2n) is 4.98. The highest BCUT2D eigenvalue weighted by molar-refractivity contribution is 5.89. The topological polar surface area (TPSA) is 53.2 Å². The van der Waals surface area contributed by atoms with E-state index in [4.69, 9.17) is 0 Å². The smallest absolute Gasteiger partial charge is 0.319 e. The molecule has 19 heavy (non-hydrogen) atoms. The van der Waals surface area contributed by atoms with Crippen molar-refractivity contribution in [3.05, 3.63) is 30.1 Å². The average molecular weight is 265 g/mol. The zero-order valence-corrected chi connectivity index (χ0v) is 11.1. The quantitative estimate of drug-likeness (QED) is 0.785. The van der Waals surface area contributed by atoms with Crippen LogP contribution in [0.3, 0.4) is 0 Å². The molecule has 1 atom stereocenters. The molecule has 0 bridgehead atoms. The van der Waals surface area contributed by atoms with Gasteiger partial charge in [0, 0.05) is 11.7 Å². The Hall–Kier alpha value is -1.62. The number of urea groups is 1. The number of piperidine rings is 1. The Morgan fingerprint density at radius 1 is 1.42 bits per heavy atom. The first-order chi connectivity index (χ1) is 9.15. The Bertz CT molecular complexity index is 432. The van der Waals surface area contributed by atoms with Crippen LogP contribution in [-0.2, 0) is 0 Å². The predicted molar refractivity (Wildman–Crippen MR) is 73.6 cm³/mol. The lowest BCUT2D eigenvalue weighted by molar-refractivity contribution is 0.237. The SMILES string of the molecule is CC(NC(=O)Nc1cccc(F)c1)C1CCNCC1. The molecule has 2 amide bonds. The zero-order valence-electron chi connectivity index (χ0n) is 11.1. The fraction of sp³-hybridized carbons (Fsp3) is 0.500. The van der Waals surface area contributed by atoms with Crippen LogP contribution in [0.5, 0.6) is 0 Å². The number of carbonyl (C=O) groups is 1. The molecule has 4 nitrogen and oxygen atoms in total. The summed E-state index contributed by atoms with van der Waals surface area (Å²) in [7, 11) is 0. The van der Waals surface area contributed by atoms with Crippen molar-refractivity contribution in [2.75, 3.05) is 18.4 Å². The lowest BCUT2D eigenvalue weighted by Gasteiger charge is -2.28. The van der Waals surface area contributed by atoms with Crippen LogP contribution in [0.25, 0.3) is 0 Å². The van der Waals surface area contributed by atoms with Crippen LogP contribution >= 0.6 is 0 Å². The molecule has 1 saturated heterocycles. The van der Waals surface area contributed by atoms with Gasteiger partial charge in [-0.25, -0.2) is 9.18 Å². The molecular formula is C14H20FN3O. The second-order valence-corrected chi connectivity index (χ2v) is 4.98. The van der Waals surface area contributed by atoms with Crippen molar-refractivity contribution in [2.45, 2.75) is 25.8 Å². The standard InChI is InChI=1S/C14H20FN3O/c1-10(11-5-7-16-8-6-11)17-14(19)18-13-4-2-3-12(15)9-13/h2-4,9-11,16H,5-8H2,1H3,(H2,17,18,19). The molecule has 1 heterocycles. The summed E-state index contributed by atoms with van der Waals surface area (Å²) in [5, 5.41) is 8.86. The van der Waals surface area contributed by atoms with Gasteiger partial charge in [0.1, 0.15) is 5.82 Å². The molecule has 1 aliphatic heterocycles. The number of benzene rings is 1. The van der Waals surface area contributed by atoms with E-state index in [9.17, 15) is 9.18 Å². The summed E-state index contributed by atoms with van der Waals surface area (Å²) < 4.78 is 13.0. The maximum atomic E-state index is 13.0. The molecule has 0 aliphatic carbocycles. The highest BCUT2D eigenvalue weighted by Gasteiger charge is 2.21. The molecule has 5 heteroatoms. The van der Waals surface area contributed by atoms with E-state index in [1.807, 2.05) is 6.92 Å². The minimum atomic E-state index is -0.357. The van der Waals surface area contributed by atoms with Crippen molar-refractivity contribution in [1.82, 2.24) is 10.6 Å². The van der Waals surface area contributed by atoms with Crippen molar-refractivity contribution >= 4 is 11.7 Å². The lowest BCUT2D eigenvalue weighted by Crippen LogP contribution is -2.44. The summed E-state index contributed by atoms with van der Waals surface area (Å²) in [4.78, 5) is 11.8. The Morgan fingerprint density at radius 2 is 2.16 bits per heavy atom. The van der Waals surface area contributed by atoms with Crippen molar-refractivity contribution in [1.29, 1.82) is 0 Å². The van der Waals surface area contributed by atoms with Gasteiger partial charge in [-0.1, -0.05) is 6.07 Å². The highest BCUT2D eigenvalue weighted by Crippen LogP contribution is 2.16. The first-order valence-corrected chi connectivity index (χ1v) is 6.69. The van der Waals surface area contributed by atoms with Gasteiger partial charge in [0.15, 0.2) is 0 Å². The van der Waals surface area contributed by atoms with Gasteiger partial charge >= 0.3 is 6.03 Å². The number of anilines is 1. The van der Waals surface area contributed by atoms with E-state index < -0.39 is 0 Å². The third-order valence-corrected chi connectivity index (χ3v) is 3.53. The minimum Gasteiger partial charge on any atom is -0.335 e. The third-order valence-electron chi connectivity index (χ3n) is 3.53. The molecule has 1 aliphatic rings. The van der Waals surface area contributed by atoms with E-state index >= 15 is 0 Å². The molecule has 3 N–H and O–H groups in total. The van der Waals surface area contributed by atoms with Crippen molar-refractivity contribution in [2.24, 2.45) is 5.92 Å². The van der Waals surface area contributed by atoms with Gasteiger partial charge in [0.2, 0.25) is 0 Å². The Kier molecular flexibility index (Phi) is 4.74. The van der Waals surface area contributed by atoms with E-state index in [2.05, 4.69) is 16.0 Å². The zero-order chi connectivity index (χ0) is 13.7. The Labute approximate surface area is 112 Å². The van der Waals surface area contributed by atoms with Crippen LogP contribution in [0.15, 0.2) is 24.3 Å². The van der Waals surface area contributed by atoms with E-state index in [1.54, 1.807) is 12.1 Å². The number of nitrogens with one attached hydrogen (secondary N) is 3. The molecule has 104 valence electrons. The van der Waals surface area contributed by atoms with Gasteiger partial charge in [-0.3, -0.25) is 0 Å². The summed E-state index contributed by atoms with van der Waals surface area (Å²) in [5.74, 6) is 0.142. The fourth-order valence-electron chi connectivity index (χ4n) is 2.40. The third kappa shape index (κ3) is 4.21. The van der Waals surface area contributed by atoms with Gasteiger partial charge in [-0.15, -0.1) is 0 Å². The first kappa shape index (κ1) is 13.8. The predicted octanol–water partition coefficient (Wildman–Crippen LogP) is 2.34. The average Bonchev–Trinajstić information content (AvgIpc) is 2.39. The number of halogens is 1. The lowest BCUT2D eigenvalue weighted by atomic mass is 9.91. The Balaban J connectivity index is 1.83. The molecule has 0 spiro atoms. The van der Waals surface area contributed by atoms with Crippen LogP contribution in [0, 0.1) is 11.7 Å². The normalized spacial score (nSPS) is 17.8. The van der Waals surface area contributed by atoms with E-state index in [1.165, 1.54) is 12.1 Å². The highest BCUT2D eigenvalue weighted by atomic mass is 19.1. The summed E-state index contributed by atoms with van der Waals surface area (Å²) in [6, 6.07) is 5.72. The summed E-state index contributed by atoms with van der Waals surface area (Å²) >= 11 is 0. The van der Waals surface area contributed by atoms with Crippen LogP contribution in [-0.4, -0.2) is 25.2 Å². The number of amides is 2. The van der Waals surface area contributed by atoms with E-state index in [0.717, 1.165) is 25.9 Å². The Morgan fingerprint density at radius 3 is 2.84 bits per heavy atom. The van der Waals surface area contributed by atoms with Crippen molar-refractivity contribution in [3.8, 4) is 0 Å². The van der Waals surface area contributed by atoms with Crippen molar-refractivity contribution < 1.29 is 9.18 Å². The second kappa shape index (κ2) is 6.52. The summed E-state index contributed by atoms with van der Waals surface area (Å²) in [5.41, 5.74) is 0.468. The number of rotatable bonds is 3. The largest absolute Gasteiger partial charge is 0.335 e. The van der Waals surface area contributed by atoms with Crippen LogP contribution < -0.4 is 16.0 Å². The van der Waals surface area contributed by atoms with Crippen LogP contribution in [0.2, 0.25) is 0 Å². The summed E-state index contributed by atoms with van der Waals surface area (Å²) in [6.45, 7) is 4.02.